The number of fused-ring (bicyclic) bond motifs is 1. The highest BCUT2D eigenvalue weighted by molar-refractivity contribution is 7.94. The van der Waals surface area contributed by atoms with Crippen LogP contribution in [0.1, 0.15) is 102 Å². The zero-order chi connectivity index (χ0) is 28.1. The van der Waals surface area contributed by atoms with E-state index in [9.17, 15) is 13.8 Å². The number of nitrogens with zero attached hydrogens (tertiary/aromatic N) is 4. The van der Waals surface area contributed by atoms with Crippen LogP contribution < -0.4 is 0 Å². The number of aromatic nitrogens is 4. The van der Waals surface area contributed by atoms with Crippen LogP contribution in [-0.4, -0.2) is 36.1 Å². The Bertz CT molecular complexity index is 1160. The molecule has 0 aromatic carbocycles. The average Bonchev–Trinajstić information content (AvgIpc) is 3.35. The van der Waals surface area contributed by atoms with E-state index in [4.69, 9.17) is 4.98 Å². The minimum Gasteiger partial charge on any atom is -0.382 e. The molecule has 3 aromatic heterocycles. The fourth-order valence-electron chi connectivity index (χ4n) is 4.26. The van der Waals surface area contributed by atoms with Gasteiger partial charge in [0.25, 0.3) is 0 Å². The number of halogens is 1. The molecule has 6 nitrogen and oxygen atoms in total. The molecule has 0 aliphatic rings. The molecule has 3 aromatic rings. The maximum absolute atomic E-state index is 13.2. The van der Waals surface area contributed by atoms with Crippen LogP contribution in [0.3, 0.4) is 0 Å². The van der Waals surface area contributed by atoms with Crippen LogP contribution >= 0.6 is 12.1 Å². The van der Waals surface area contributed by atoms with E-state index in [1.165, 1.54) is 11.8 Å². The third-order valence-corrected chi connectivity index (χ3v) is 7.44. The van der Waals surface area contributed by atoms with Gasteiger partial charge in [0.1, 0.15) is 10.5 Å². The highest BCUT2D eigenvalue weighted by Crippen LogP contribution is 2.30. The molecule has 1 N–H and O–H groups in total. The van der Waals surface area contributed by atoms with E-state index in [1.807, 2.05) is 32.2 Å². The molecule has 0 saturated heterocycles. The zero-order valence-corrected chi connectivity index (χ0v) is 24.4. The number of hydrogen-bond acceptors (Lipinski definition) is 6. The Morgan fingerprint density at radius 3 is 2.55 bits per heavy atom. The van der Waals surface area contributed by atoms with Gasteiger partial charge in [-0.3, -0.25) is 9.78 Å². The van der Waals surface area contributed by atoms with Gasteiger partial charge in [-0.2, -0.15) is 8.98 Å². The normalized spacial score (nSPS) is 13.4. The van der Waals surface area contributed by atoms with Crippen LogP contribution in [0, 0.1) is 6.92 Å². The summed E-state index contributed by atoms with van der Waals surface area (Å²) >= 11 is 0.177. The Kier molecular flexibility index (Phi) is 13.1. The summed E-state index contributed by atoms with van der Waals surface area (Å²) in [5.41, 5.74) is 3.60. The first-order valence-electron chi connectivity index (χ1n) is 13.6. The van der Waals surface area contributed by atoms with E-state index in [0.29, 0.717) is 35.7 Å². The number of carbonyl (C=O) groups excluding carboxylic acids is 1. The van der Waals surface area contributed by atoms with Crippen molar-refractivity contribution in [1.82, 2.24) is 19.6 Å². The van der Waals surface area contributed by atoms with Crippen molar-refractivity contribution in [3.63, 3.8) is 0 Å². The predicted octanol–water partition coefficient (Wildman–Crippen LogP) is 7.78. The molecule has 0 spiro atoms. The monoisotopic (exact) mass is 542 g/mol. The molecule has 2 atom stereocenters. The van der Waals surface area contributed by atoms with Crippen molar-refractivity contribution in [2.45, 2.75) is 109 Å². The molecule has 0 saturated carbocycles. The number of Topliss-reactive ketones (excluding diaryl/α,β-unsaturated/α-hetero) is 1. The van der Waals surface area contributed by atoms with Crippen LogP contribution in [-0.2, 0) is 11.2 Å². The minimum absolute atomic E-state index is 0.120. The molecule has 8 heteroatoms. The lowest BCUT2D eigenvalue weighted by Gasteiger charge is -2.20. The number of carbonyl (C=O) groups is 1. The van der Waals surface area contributed by atoms with E-state index in [1.54, 1.807) is 17.6 Å². The standard InChI is InChI=1S/C23H34FN3O2S.C7H9N/c1-6-9-18(11-8-10-16(3)12-13-21(28)23(5,29)7-2)19-14-17(4)27-22(26-19)20(30-24)15-25-27;1-2-7-4-3-5-8-6-7/h14-15,18,29H,3,6-13H2,1-2,4-5H3;3-6H,2H2,1H3. The zero-order valence-electron chi connectivity index (χ0n) is 23.5. The third-order valence-electron chi connectivity index (χ3n) is 6.98. The second-order valence-corrected chi connectivity index (χ2v) is 10.6. The molecular formula is C30H43FN4O2S. The summed E-state index contributed by atoms with van der Waals surface area (Å²) in [5, 5.41) is 14.3. The van der Waals surface area contributed by atoms with Gasteiger partial charge in [0, 0.05) is 36.1 Å². The molecule has 0 fully saturated rings. The van der Waals surface area contributed by atoms with Gasteiger partial charge in [-0.1, -0.05) is 45.4 Å². The Morgan fingerprint density at radius 2 is 1.97 bits per heavy atom. The lowest BCUT2D eigenvalue weighted by molar-refractivity contribution is -0.135. The number of rotatable bonds is 14. The van der Waals surface area contributed by atoms with Crippen LogP contribution in [0.5, 0.6) is 0 Å². The molecule has 0 amide bonds. The molecule has 0 aliphatic heterocycles. The maximum atomic E-state index is 13.2. The van der Waals surface area contributed by atoms with Crippen molar-refractivity contribution < 1.29 is 13.8 Å². The van der Waals surface area contributed by atoms with Gasteiger partial charge in [-0.25, -0.2) is 9.50 Å². The Labute approximate surface area is 231 Å². The average molecular weight is 543 g/mol. The summed E-state index contributed by atoms with van der Waals surface area (Å²) in [6, 6.07) is 6.08. The smallest absolute Gasteiger partial charge is 0.171 e. The van der Waals surface area contributed by atoms with Crippen molar-refractivity contribution in [3.8, 4) is 0 Å². The predicted molar refractivity (Wildman–Crippen MR) is 154 cm³/mol. The summed E-state index contributed by atoms with van der Waals surface area (Å²) in [6.45, 7) is 13.7. The Balaban J connectivity index is 0.000000538. The van der Waals surface area contributed by atoms with Crippen LogP contribution in [0.2, 0.25) is 0 Å². The fourth-order valence-corrected chi connectivity index (χ4v) is 4.54. The number of hydrogen-bond donors (Lipinski definition) is 1. The summed E-state index contributed by atoms with van der Waals surface area (Å²) in [5.74, 6) is 0.173. The van der Waals surface area contributed by atoms with Gasteiger partial charge in [0.05, 0.1) is 18.3 Å². The topological polar surface area (TPSA) is 80.4 Å². The minimum atomic E-state index is -1.24. The van der Waals surface area contributed by atoms with Gasteiger partial charge in [0.15, 0.2) is 11.4 Å². The Morgan fingerprint density at radius 1 is 1.21 bits per heavy atom. The molecule has 208 valence electrons. The highest BCUT2D eigenvalue weighted by atomic mass is 32.2. The first-order valence-corrected chi connectivity index (χ1v) is 14.3. The molecule has 3 rings (SSSR count). The van der Waals surface area contributed by atoms with Gasteiger partial charge >= 0.3 is 0 Å². The van der Waals surface area contributed by atoms with E-state index < -0.39 is 5.60 Å². The fraction of sp³-hybridized carbons (Fsp3) is 0.533. The van der Waals surface area contributed by atoms with Crippen LogP contribution in [0.25, 0.3) is 5.65 Å². The van der Waals surface area contributed by atoms with E-state index in [0.717, 1.165) is 55.5 Å². The van der Waals surface area contributed by atoms with Crippen molar-refractivity contribution in [2.24, 2.45) is 0 Å². The molecule has 0 radical (unpaired) electrons. The summed E-state index contributed by atoms with van der Waals surface area (Å²) < 4.78 is 14.9. The van der Waals surface area contributed by atoms with E-state index in [-0.39, 0.29) is 17.9 Å². The first kappa shape index (κ1) is 31.6. The highest BCUT2D eigenvalue weighted by Gasteiger charge is 2.27. The molecular weight excluding hydrogens is 499 g/mol. The van der Waals surface area contributed by atoms with Crippen molar-refractivity contribution in [1.29, 1.82) is 0 Å². The second kappa shape index (κ2) is 15.7. The molecule has 3 heterocycles. The van der Waals surface area contributed by atoms with Crippen LogP contribution in [0.4, 0.5) is 3.89 Å². The van der Waals surface area contributed by atoms with E-state index in [2.05, 4.69) is 36.6 Å². The lowest BCUT2D eigenvalue weighted by Crippen LogP contribution is -2.34. The van der Waals surface area contributed by atoms with Gasteiger partial charge in [-0.15, -0.1) is 0 Å². The molecule has 0 bridgehead atoms. The maximum Gasteiger partial charge on any atom is 0.171 e. The summed E-state index contributed by atoms with van der Waals surface area (Å²) in [6.07, 6.45) is 12.5. The number of ketones is 1. The molecule has 38 heavy (non-hydrogen) atoms. The van der Waals surface area contributed by atoms with Gasteiger partial charge in [-0.05, 0) is 76.5 Å². The van der Waals surface area contributed by atoms with Crippen molar-refractivity contribution in [3.05, 3.63) is 65.9 Å². The number of pyridine rings is 1. The first-order chi connectivity index (χ1) is 18.2. The quantitative estimate of drug-likeness (QED) is 0.210. The van der Waals surface area contributed by atoms with Gasteiger partial charge in [0.2, 0.25) is 0 Å². The van der Waals surface area contributed by atoms with Crippen molar-refractivity contribution in [2.75, 3.05) is 0 Å². The van der Waals surface area contributed by atoms with Gasteiger partial charge < -0.3 is 5.11 Å². The SMILES string of the molecule is C=C(CCCC(CCC)c1cc(C)n2ncc(SF)c2n1)CCC(=O)C(C)(O)CC.CCc1cccnc1. The second-order valence-electron chi connectivity index (χ2n) is 10.0. The van der Waals surface area contributed by atoms with Crippen molar-refractivity contribution >= 4 is 23.6 Å². The lowest BCUT2D eigenvalue weighted by atomic mass is 9.90. The molecule has 2 unspecified atom stereocenters. The number of aryl methyl sites for hydroxylation is 2. The largest absolute Gasteiger partial charge is 0.382 e. The molecule has 0 aliphatic carbocycles. The number of allylic oxidation sites excluding steroid dienone is 1. The third kappa shape index (κ3) is 9.31. The Hall–Kier alpha value is -2.58. The summed E-state index contributed by atoms with van der Waals surface area (Å²) in [7, 11) is 0. The van der Waals surface area contributed by atoms with E-state index >= 15 is 0 Å². The number of aliphatic hydroxyl groups is 1. The van der Waals surface area contributed by atoms with Crippen LogP contribution in [0.15, 0.2) is 53.8 Å². The summed E-state index contributed by atoms with van der Waals surface area (Å²) in [4.78, 5) is 21.2.